The van der Waals surface area contributed by atoms with Crippen molar-refractivity contribution in [1.82, 2.24) is 10.2 Å². The number of aromatic nitrogens is 4. The van der Waals surface area contributed by atoms with Crippen LogP contribution in [0.2, 0.25) is 0 Å². The fraction of sp³-hybridized carbons (Fsp3) is 0.333. The third-order valence-electron chi connectivity index (χ3n) is 4.29. The zero-order chi connectivity index (χ0) is 25.0. The molecule has 4 rings (SSSR count). The summed E-state index contributed by atoms with van der Waals surface area (Å²) in [5.41, 5.74) is 2.38. The summed E-state index contributed by atoms with van der Waals surface area (Å²) in [7, 11) is 3.55. The maximum absolute atomic E-state index is 12.0. The van der Waals surface area contributed by atoms with Gasteiger partial charge >= 0.3 is 12.7 Å². The third kappa shape index (κ3) is 7.29. The van der Waals surface area contributed by atoms with Gasteiger partial charge in [0.1, 0.15) is 22.5 Å². The fourth-order valence-corrected chi connectivity index (χ4v) is 2.94. The zero-order valence-corrected chi connectivity index (χ0v) is 18.5. The van der Waals surface area contributed by atoms with E-state index < -0.39 is 12.7 Å². The quantitative estimate of drug-likeness (QED) is 0.311. The molecule has 0 saturated heterocycles. The van der Waals surface area contributed by atoms with Crippen LogP contribution in [0.3, 0.4) is 0 Å². The Hall–Kier alpha value is -3.44. The Morgan fingerprint density at radius 2 is 1.27 bits per heavy atom. The maximum Gasteiger partial charge on any atom is 0.573 e. The minimum Gasteiger partial charge on any atom is -0.406 e. The van der Waals surface area contributed by atoms with E-state index in [0.717, 1.165) is 16.7 Å². The van der Waals surface area contributed by atoms with Crippen LogP contribution in [0.5, 0.6) is 11.5 Å². The van der Waals surface area contributed by atoms with Gasteiger partial charge in [0, 0.05) is 6.92 Å². The lowest BCUT2D eigenvalue weighted by Crippen LogP contribution is -2.32. The lowest BCUT2D eigenvalue weighted by molar-refractivity contribution is -0.730. The number of H-pyrrole nitrogens is 2. The molecule has 33 heavy (non-hydrogen) atoms. The van der Waals surface area contributed by atoms with E-state index in [2.05, 4.69) is 19.7 Å². The van der Waals surface area contributed by atoms with E-state index >= 15 is 0 Å². The molecule has 0 radical (unpaired) electrons. The van der Waals surface area contributed by atoms with Crippen LogP contribution in [0.25, 0.3) is 21.8 Å². The lowest BCUT2D eigenvalue weighted by atomic mass is 10.2. The Labute approximate surface area is 185 Å². The fourth-order valence-electron chi connectivity index (χ4n) is 2.94. The molecule has 2 N–H and O–H groups in total. The SMILES string of the molecule is CC.C[n+]1cc2cc(OC(F)(F)F)ccc2[nH]1.Cc1c2cc(OC(F)(F)F)ccc2[nH][n+]1C. The Bertz CT molecular complexity index is 1210. The first-order valence-electron chi connectivity index (χ1n) is 9.79. The van der Waals surface area contributed by atoms with E-state index in [-0.39, 0.29) is 11.5 Å². The number of ether oxygens (including phenoxy) is 2. The van der Waals surface area contributed by atoms with Crippen molar-refractivity contribution >= 4 is 21.8 Å². The van der Waals surface area contributed by atoms with Gasteiger partial charge in [0.2, 0.25) is 11.9 Å². The molecule has 2 aromatic carbocycles. The first-order valence-corrected chi connectivity index (χ1v) is 9.79. The molecule has 0 aliphatic carbocycles. The minimum atomic E-state index is -4.65. The molecular weight excluding hydrogens is 454 g/mol. The van der Waals surface area contributed by atoms with Crippen LogP contribution in [-0.2, 0) is 14.1 Å². The van der Waals surface area contributed by atoms with Crippen LogP contribution in [0.15, 0.2) is 42.6 Å². The van der Waals surface area contributed by atoms with Gasteiger partial charge in [-0.25, -0.2) is 0 Å². The first-order chi connectivity index (χ1) is 15.3. The molecule has 0 aliphatic heterocycles. The number of nitrogens with one attached hydrogen (secondary N) is 2. The summed E-state index contributed by atoms with van der Waals surface area (Å²) in [6, 6.07) is 8.35. The van der Waals surface area contributed by atoms with Gasteiger partial charge in [0.15, 0.2) is 14.1 Å². The maximum atomic E-state index is 12.0. The lowest BCUT2D eigenvalue weighted by Gasteiger charge is -2.07. The van der Waals surface area contributed by atoms with Crippen molar-refractivity contribution in [3.63, 3.8) is 0 Å². The Morgan fingerprint density at radius 3 is 1.82 bits per heavy atom. The van der Waals surface area contributed by atoms with Crippen molar-refractivity contribution in [2.75, 3.05) is 0 Å². The van der Waals surface area contributed by atoms with Gasteiger partial charge in [-0.15, -0.1) is 35.7 Å². The number of hydrogen-bond acceptors (Lipinski definition) is 2. The van der Waals surface area contributed by atoms with Gasteiger partial charge in [-0.3, -0.25) is 0 Å². The minimum absolute atomic E-state index is 0.206. The van der Waals surface area contributed by atoms with Crippen molar-refractivity contribution in [3.8, 4) is 11.5 Å². The number of fused-ring (bicyclic) bond motifs is 2. The standard InChI is InChI=1S/C10H9F3N2O.C9H7F3N2O.C2H6/c1-6-8-5-7(16-10(11,12)13)3-4-9(8)14-15(6)2;1-14-5-6-4-7(15-9(10,11)12)2-3-8(6)13-14;1-2/h3-5H,1-2H3;2-5H,1H3;1-2H3/p+2. The van der Waals surface area contributed by atoms with Gasteiger partial charge in [-0.05, 0) is 36.4 Å². The molecule has 0 fully saturated rings. The molecule has 0 aliphatic rings. The van der Waals surface area contributed by atoms with E-state index in [0.29, 0.717) is 10.8 Å². The molecule has 2 heterocycles. The van der Waals surface area contributed by atoms with E-state index in [1.54, 1.807) is 35.7 Å². The highest BCUT2D eigenvalue weighted by atomic mass is 19.4. The number of aromatic amines is 2. The number of halogens is 6. The second kappa shape index (κ2) is 10.0. The van der Waals surface area contributed by atoms with Crippen LogP contribution < -0.4 is 18.8 Å². The highest BCUT2D eigenvalue weighted by molar-refractivity contribution is 5.81. The van der Waals surface area contributed by atoms with Gasteiger partial charge in [0.05, 0.1) is 10.8 Å². The van der Waals surface area contributed by atoms with Crippen molar-refractivity contribution < 1.29 is 45.2 Å². The second-order valence-corrected chi connectivity index (χ2v) is 6.66. The largest absolute Gasteiger partial charge is 0.573 e. The molecule has 0 unspecified atom stereocenters. The monoisotopic (exact) mass is 478 g/mol. The summed E-state index contributed by atoms with van der Waals surface area (Å²) in [5.74, 6) is -0.419. The van der Waals surface area contributed by atoms with Crippen LogP contribution in [0, 0.1) is 6.92 Å². The molecule has 6 nitrogen and oxygen atoms in total. The zero-order valence-electron chi connectivity index (χ0n) is 18.5. The number of aryl methyl sites for hydroxylation is 3. The topological polar surface area (TPSA) is 57.8 Å². The Morgan fingerprint density at radius 1 is 0.758 bits per heavy atom. The molecule has 180 valence electrons. The summed E-state index contributed by atoms with van der Waals surface area (Å²) in [4.78, 5) is 0. The van der Waals surface area contributed by atoms with Crippen molar-refractivity contribution in [2.24, 2.45) is 14.1 Å². The predicted octanol–water partition coefficient (Wildman–Crippen LogP) is 5.12. The molecule has 0 spiro atoms. The summed E-state index contributed by atoms with van der Waals surface area (Å²) < 4.78 is 82.8. The molecule has 0 bridgehead atoms. The summed E-state index contributed by atoms with van der Waals surface area (Å²) in [6.45, 7) is 5.82. The molecule has 4 aromatic rings. The van der Waals surface area contributed by atoms with Crippen LogP contribution in [0.4, 0.5) is 26.3 Å². The van der Waals surface area contributed by atoms with E-state index in [4.69, 9.17) is 0 Å². The average molecular weight is 478 g/mol. The summed E-state index contributed by atoms with van der Waals surface area (Å²) in [6.07, 6.45) is -7.62. The molecule has 0 atom stereocenters. The number of nitrogens with zero attached hydrogens (tertiary/aromatic N) is 2. The van der Waals surface area contributed by atoms with E-state index in [1.165, 1.54) is 30.3 Å². The van der Waals surface area contributed by atoms with Crippen LogP contribution >= 0.6 is 0 Å². The Balaban J connectivity index is 0.000000218. The highest BCUT2D eigenvalue weighted by Crippen LogP contribution is 2.27. The van der Waals surface area contributed by atoms with Gasteiger partial charge < -0.3 is 9.47 Å². The number of alkyl halides is 6. The van der Waals surface area contributed by atoms with Crippen LogP contribution in [-0.4, -0.2) is 22.9 Å². The third-order valence-corrected chi connectivity index (χ3v) is 4.29. The normalized spacial score (nSPS) is 11.5. The van der Waals surface area contributed by atoms with E-state index in [1.807, 2.05) is 20.8 Å². The smallest absolute Gasteiger partial charge is 0.406 e. The van der Waals surface area contributed by atoms with Crippen molar-refractivity contribution in [2.45, 2.75) is 33.5 Å². The van der Waals surface area contributed by atoms with Gasteiger partial charge in [-0.2, -0.15) is 10.2 Å². The Kier molecular flexibility index (Phi) is 7.83. The summed E-state index contributed by atoms with van der Waals surface area (Å²) >= 11 is 0. The summed E-state index contributed by atoms with van der Waals surface area (Å²) in [5, 5.41) is 7.30. The molecular formula is C21H24F6N4O2+2. The molecule has 0 saturated carbocycles. The van der Waals surface area contributed by atoms with Gasteiger partial charge in [0.25, 0.3) is 0 Å². The number of rotatable bonds is 2. The molecule has 0 amide bonds. The van der Waals surface area contributed by atoms with E-state index in [9.17, 15) is 26.3 Å². The van der Waals surface area contributed by atoms with Crippen LogP contribution in [0.1, 0.15) is 19.5 Å². The molecule has 2 aromatic heterocycles. The second-order valence-electron chi connectivity index (χ2n) is 6.66. The first kappa shape index (κ1) is 25.8. The van der Waals surface area contributed by atoms with Gasteiger partial charge in [-0.1, -0.05) is 13.8 Å². The van der Waals surface area contributed by atoms with Crippen molar-refractivity contribution in [1.29, 1.82) is 0 Å². The molecule has 12 heteroatoms. The number of benzene rings is 2. The highest BCUT2D eigenvalue weighted by Gasteiger charge is 2.32. The van der Waals surface area contributed by atoms with Crippen molar-refractivity contribution in [3.05, 3.63) is 48.3 Å². The average Bonchev–Trinajstić information content (AvgIpc) is 3.20. The number of hydrogen-bond donors (Lipinski definition) is 2. The predicted molar refractivity (Wildman–Crippen MR) is 108 cm³/mol.